The molecule has 1 aliphatic heterocycles. The van der Waals surface area contributed by atoms with E-state index in [1.807, 2.05) is 4.40 Å². The first-order valence-corrected chi connectivity index (χ1v) is 9.56. The number of nitrogens with zero attached hydrogens (tertiary/aromatic N) is 3. The molecule has 142 valence electrons. The molecule has 3 N–H and O–H groups in total. The lowest BCUT2D eigenvalue weighted by molar-refractivity contribution is 0.0411. The predicted molar refractivity (Wildman–Crippen MR) is 98.8 cm³/mol. The van der Waals surface area contributed by atoms with Crippen molar-refractivity contribution in [2.45, 2.75) is 23.9 Å². The van der Waals surface area contributed by atoms with Gasteiger partial charge in [0.25, 0.3) is 0 Å². The summed E-state index contributed by atoms with van der Waals surface area (Å²) in [5.74, 6) is -0.186. The monoisotopic (exact) mass is 392 g/mol. The van der Waals surface area contributed by atoms with Crippen LogP contribution >= 0.6 is 11.8 Å². The molecular weight excluding hydrogens is 374 g/mol. The van der Waals surface area contributed by atoms with Crippen LogP contribution < -0.4 is 5.32 Å². The van der Waals surface area contributed by atoms with Gasteiger partial charge < -0.3 is 15.5 Å². The molecule has 3 aromatic rings. The summed E-state index contributed by atoms with van der Waals surface area (Å²) in [5, 5.41) is 22.8. The largest absolute Gasteiger partial charge is 0.390 e. The summed E-state index contributed by atoms with van der Waals surface area (Å²) in [6.07, 6.45) is 3.87. The van der Waals surface area contributed by atoms with Crippen molar-refractivity contribution in [3.63, 3.8) is 0 Å². The normalized spacial score (nSPS) is 22.4. The molecule has 0 radical (unpaired) electrons. The van der Waals surface area contributed by atoms with E-state index in [2.05, 4.69) is 15.3 Å². The topological polar surface area (TPSA) is 82.7 Å². The maximum atomic E-state index is 13.3. The Kier molecular flexibility index (Phi) is 4.98. The van der Waals surface area contributed by atoms with E-state index < -0.39 is 23.8 Å². The van der Waals surface area contributed by atoms with Gasteiger partial charge in [-0.1, -0.05) is 0 Å². The van der Waals surface area contributed by atoms with E-state index in [9.17, 15) is 19.0 Å². The summed E-state index contributed by atoms with van der Waals surface area (Å²) < 4.78 is 28.4. The second kappa shape index (κ2) is 7.41. The third-order valence-corrected chi connectivity index (χ3v) is 5.94. The third-order valence-electron chi connectivity index (χ3n) is 4.53. The molecule has 1 saturated heterocycles. The van der Waals surface area contributed by atoms with Crippen molar-refractivity contribution in [3.8, 4) is 0 Å². The van der Waals surface area contributed by atoms with Crippen LogP contribution in [0.3, 0.4) is 0 Å². The minimum atomic E-state index is -0.845. The van der Waals surface area contributed by atoms with Crippen molar-refractivity contribution in [2.24, 2.45) is 0 Å². The zero-order valence-corrected chi connectivity index (χ0v) is 15.0. The highest BCUT2D eigenvalue weighted by atomic mass is 32.2. The van der Waals surface area contributed by atoms with E-state index in [0.717, 1.165) is 11.8 Å². The lowest BCUT2D eigenvalue weighted by atomic mass is 10.1. The van der Waals surface area contributed by atoms with Crippen LogP contribution in [0.5, 0.6) is 0 Å². The van der Waals surface area contributed by atoms with E-state index in [1.54, 1.807) is 18.6 Å². The number of anilines is 1. The highest BCUT2D eigenvalue weighted by Gasteiger charge is 2.37. The fourth-order valence-corrected chi connectivity index (χ4v) is 4.54. The fourth-order valence-electron chi connectivity index (χ4n) is 3.22. The van der Waals surface area contributed by atoms with Gasteiger partial charge in [-0.25, -0.2) is 18.7 Å². The van der Waals surface area contributed by atoms with Gasteiger partial charge in [-0.3, -0.25) is 4.40 Å². The van der Waals surface area contributed by atoms with Crippen molar-refractivity contribution < 1.29 is 19.0 Å². The molecule has 27 heavy (non-hydrogen) atoms. The molecule has 1 aliphatic rings. The number of halogens is 2. The van der Waals surface area contributed by atoms with E-state index in [1.165, 1.54) is 23.9 Å². The van der Waals surface area contributed by atoms with Crippen LogP contribution in [0.25, 0.3) is 5.65 Å². The summed E-state index contributed by atoms with van der Waals surface area (Å²) >= 11 is 1.48. The molecule has 6 nitrogen and oxygen atoms in total. The van der Waals surface area contributed by atoms with Crippen LogP contribution in [0.4, 0.5) is 14.6 Å². The van der Waals surface area contributed by atoms with Crippen LogP contribution in [0, 0.1) is 11.6 Å². The molecular formula is C18H18F2N4O2S. The number of benzene rings is 1. The Hall–Kier alpha value is -2.23. The minimum Gasteiger partial charge on any atom is -0.390 e. The van der Waals surface area contributed by atoms with Crippen molar-refractivity contribution >= 4 is 23.2 Å². The molecule has 0 saturated carbocycles. The average Bonchev–Trinajstić information content (AvgIpc) is 3.19. The van der Waals surface area contributed by atoms with Gasteiger partial charge in [0, 0.05) is 30.8 Å². The fraction of sp³-hybridized carbons (Fsp3) is 0.333. The maximum Gasteiger partial charge on any atom is 0.180 e. The SMILES string of the molecule is O[C@@H]1[C@H](O)CS[C@H]1c1cnc2c(NCCc3cc(F)cc(F)c3)nccn12. The first-order chi connectivity index (χ1) is 13.0. The predicted octanol–water partition coefficient (Wildman–Crippen LogP) is 2.17. The van der Waals surface area contributed by atoms with E-state index in [0.29, 0.717) is 35.7 Å². The summed E-state index contributed by atoms with van der Waals surface area (Å²) in [6, 6.07) is 3.45. The number of hydrogen-bond acceptors (Lipinski definition) is 6. The van der Waals surface area contributed by atoms with Crippen molar-refractivity contribution in [3.05, 3.63) is 59.7 Å². The Morgan fingerprint density at radius 1 is 1.19 bits per heavy atom. The van der Waals surface area contributed by atoms with Crippen LogP contribution in [0.2, 0.25) is 0 Å². The lowest BCUT2D eigenvalue weighted by Crippen LogP contribution is -2.25. The number of fused-ring (bicyclic) bond motifs is 1. The maximum absolute atomic E-state index is 13.3. The van der Waals surface area contributed by atoms with Crippen molar-refractivity contribution in [1.29, 1.82) is 0 Å². The number of hydrogen-bond donors (Lipinski definition) is 3. The second-order valence-corrected chi connectivity index (χ2v) is 7.59. The molecule has 3 atom stereocenters. The van der Waals surface area contributed by atoms with Gasteiger partial charge in [0.05, 0.1) is 29.3 Å². The zero-order chi connectivity index (χ0) is 19.0. The van der Waals surface area contributed by atoms with E-state index in [-0.39, 0.29) is 5.25 Å². The Morgan fingerprint density at radius 2 is 1.96 bits per heavy atom. The zero-order valence-electron chi connectivity index (χ0n) is 14.2. The average molecular weight is 392 g/mol. The van der Waals surface area contributed by atoms with Gasteiger partial charge in [-0.05, 0) is 24.1 Å². The van der Waals surface area contributed by atoms with Gasteiger partial charge >= 0.3 is 0 Å². The summed E-state index contributed by atoms with van der Waals surface area (Å²) in [5.41, 5.74) is 1.93. The van der Waals surface area contributed by atoms with Gasteiger partial charge in [0.2, 0.25) is 0 Å². The highest BCUT2D eigenvalue weighted by Crippen LogP contribution is 2.40. The quantitative estimate of drug-likeness (QED) is 0.617. The number of rotatable bonds is 5. The highest BCUT2D eigenvalue weighted by molar-refractivity contribution is 7.99. The standard InChI is InChI=1S/C18H18F2N4O2S/c19-11-5-10(6-12(20)7-11)1-2-21-17-18-23-8-13(24(18)4-3-22-17)16-15(26)14(25)9-27-16/h3-8,14-16,25-26H,1-2,9H2,(H,21,22)/t14-,15-,16+/m1/s1. The first-order valence-electron chi connectivity index (χ1n) is 8.51. The molecule has 0 aliphatic carbocycles. The van der Waals surface area contributed by atoms with Gasteiger partial charge in [0.15, 0.2) is 11.5 Å². The van der Waals surface area contributed by atoms with Crippen LogP contribution in [0.1, 0.15) is 16.5 Å². The van der Waals surface area contributed by atoms with Crippen molar-refractivity contribution in [1.82, 2.24) is 14.4 Å². The Bertz CT molecular complexity index is 947. The molecule has 1 aromatic carbocycles. The van der Waals surface area contributed by atoms with Gasteiger partial charge in [-0.2, -0.15) is 0 Å². The molecule has 0 spiro atoms. The van der Waals surface area contributed by atoms with Gasteiger partial charge in [0.1, 0.15) is 11.6 Å². The van der Waals surface area contributed by atoms with Crippen LogP contribution in [0.15, 0.2) is 36.8 Å². The van der Waals surface area contributed by atoms with Crippen molar-refractivity contribution in [2.75, 3.05) is 17.6 Å². The first kappa shape index (κ1) is 18.1. The molecule has 4 rings (SSSR count). The van der Waals surface area contributed by atoms with Crippen LogP contribution in [-0.2, 0) is 6.42 Å². The smallest absolute Gasteiger partial charge is 0.180 e. The molecule has 2 aromatic heterocycles. The number of nitrogens with one attached hydrogen (secondary N) is 1. The molecule has 3 heterocycles. The van der Waals surface area contributed by atoms with E-state index in [4.69, 9.17) is 0 Å². The lowest BCUT2D eigenvalue weighted by Gasteiger charge is -2.15. The molecule has 0 unspecified atom stereocenters. The van der Waals surface area contributed by atoms with E-state index >= 15 is 0 Å². The number of thioether (sulfide) groups is 1. The molecule has 9 heteroatoms. The molecule has 1 fully saturated rings. The summed E-state index contributed by atoms with van der Waals surface area (Å²) in [4.78, 5) is 8.67. The molecule has 0 amide bonds. The Labute approximate surface area is 158 Å². The second-order valence-electron chi connectivity index (χ2n) is 6.42. The van der Waals surface area contributed by atoms with Crippen LogP contribution in [-0.4, -0.2) is 49.1 Å². The third kappa shape index (κ3) is 3.62. The number of aliphatic hydroxyl groups is 2. The Balaban J connectivity index is 1.51. The van der Waals surface area contributed by atoms with Gasteiger partial charge in [-0.15, -0.1) is 11.8 Å². The number of aromatic nitrogens is 3. The minimum absolute atomic E-state index is 0.263. The number of aliphatic hydroxyl groups excluding tert-OH is 2. The summed E-state index contributed by atoms with van der Waals surface area (Å²) in [6.45, 7) is 0.428. The number of imidazole rings is 1. The molecule has 0 bridgehead atoms. The summed E-state index contributed by atoms with van der Waals surface area (Å²) in [7, 11) is 0. The Morgan fingerprint density at radius 3 is 2.67 bits per heavy atom.